The molecule has 0 aliphatic heterocycles. The molecular weight excluding hydrogens is 450 g/mol. The number of carbonyl (C=O) groups excluding carboxylic acids is 2. The van der Waals surface area contributed by atoms with Crippen molar-refractivity contribution in [2.75, 3.05) is 26.7 Å². The Morgan fingerprint density at radius 3 is 2.32 bits per heavy atom. The first-order chi connectivity index (χ1) is 16.0. The van der Waals surface area contributed by atoms with Crippen LogP contribution >= 0.6 is 0 Å². The van der Waals surface area contributed by atoms with Gasteiger partial charge in [-0.25, -0.2) is 15.1 Å². The molecule has 0 heterocycles. The van der Waals surface area contributed by atoms with Crippen LogP contribution in [0.1, 0.15) is 44.9 Å². The third-order valence-corrected chi connectivity index (χ3v) is 4.37. The molecule has 0 saturated carbocycles. The van der Waals surface area contributed by atoms with Crippen LogP contribution in [0.5, 0.6) is 0 Å². The first-order valence-corrected chi connectivity index (χ1v) is 10.9. The fourth-order valence-electron chi connectivity index (χ4n) is 2.38. The van der Waals surface area contributed by atoms with Gasteiger partial charge in [0.25, 0.3) is 5.91 Å². The molecule has 2 amide bonds. The van der Waals surface area contributed by atoms with E-state index in [1.807, 2.05) is 0 Å². The molecule has 1 atom stereocenters. The predicted molar refractivity (Wildman–Crippen MR) is 123 cm³/mol. The van der Waals surface area contributed by atoms with Crippen molar-refractivity contribution >= 4 is 18.0 Å². The van der Waals surface area contributed by atoms with Crippen molar-refractivity contribution < 1.29 is 40.5 Å². The lowest BCUT2D eigenvalue weighted by Crippen LogP contribution is -2.25. The molecule has 0 aromatic heterocycles. The molecule has 0 bridgehead atoms. The highest BCUT2D eigenvalue weighted by Crippen LogP contribution is 2.03. The summed E-state index contributed by atoms with van der Waals surface area (Å²) in [5, 5.41) is 60.4. The molecule has 13 heteroatoms. The summed E-state index contributed by atoms with van der Waals surface area (Å²) in [4.78, 5) is 26.9. The maximum atomic E-state index is 11.8. The standard InChI is InChI=1S/C21H37N5O8/c1-17(27)25(33)15-7-3-5-13-23-19(29)10-12-21(31)26(34)16-8-4-6-14-22-18(28)9-11-20(30)24(2)32/h9,11-12,14,20,27,30-34H,1,3-8,10,13,15-16H2,2H3,(H,23,29)/b11-9-,21-12-,22-14?/t20-/m0/s1. The van der Waals surface area contributed by atoms with Gasteiger partial charge in [0.2, 0.25) is 17.7 Å². The summed E-state index contributed by atoms with van der Waals surface area (Å²) in [5.41, 5.74) is 0. The number of nitrogens with one attached hydrogen (secondary N) is 1. The highest BCUT2D eigenvalue weighted by atomic mass is 16.5. The molecule has 13 nitrogen and oxygen atoms in total. The topological polar surface area (TPSA) is 190 Å². The van der Waals surface area contributed by atoms with Gasteiger partial charge >= 0.3 is 0 Å². The van der Waals surface area contributed by atoms with Crippen molar-refractivity contribution in [3.05, 3.63) is 36.6 Å². The summed E-state index contributed by atoms with van der Waals surface area (Å²) in [7, 11) is 1.23. The second-order valence-corrected chi connectivity index (χ2v) is 7.33. The third-order valence-electron chi connectivity index (χ3n) is 4.37. The molecule has 194 valence electrons. The Kier molecular flexibility index (Phi) is 16.8. The SMILES string of the molecule is C=C(O)N(O)CCCCCNC(=O)C/C=C(\O)N(O)CCCCC=NC(=O)/C=C\[C@H](O)N(C)O. The molecule has 0 aliphatic carbocycles. The second kappa shape index (κ2) is 18.5. The van der Waals surface area contributed by atoms with Gasteiger partial charge in [-0.2, -0.15) is 5.06 Å². The first kappa shape index (κ1) is 31.0. The van der Waals surface area contributed by atoms with Crippen molar-refractivity contribution in [1.82, 2.24) is 20.5 Å². The van der Waals surface area contributed by atoms with Gasteiger partial charge in [0.15, 0.2) is 0 Å². The molecule has 0 radical (unpaired) electrons. The van der Waals surface area contributed by atoms with Crippen LogP contribution in [0.25, 0.3) is 0 Å². The summed E-state index contributed by atoms with van der Waals surface area (Å²) in [5.74, 6) is -1.77. The number of unbranched alkanes of at least 4 members (excludes halogenated alkanes) is 4. The van der Waals surface area contributed by atoms with Crippen LogP contribution in [0.3, 0.4) is 0 Å². The Morgan fingerprint density at radius 1 is 1.03 bits per heavy atom. The molecule has 0 aromatic carbocycles. The van der Waals surface area contributed by atoms with Gasteiger partial charge in [-0.15, -0.1) is 0 Å². The van der Waals surface area contributed by atoms with E-state index in [4.69, 9.17) is 10.3 Å². The Hall–Kier alpha value is -2.97. The number of amides is 2. The smallest absolute Gasteiger partial charge is 0.269 e. The minimum Gasteiger partial charge on any atom is -0.494 e. The van der Waals surface area contributed by atoms with Crippen LogP contribution in [0.4, 0.5) is 0 Å². The minimum absolute atomic E-state index is 0.110. The van der Waals surface area contributed by atoms with E-state index in [0.29, 0.717) is 53.8 Å². The number of hydrogen-bond acceptors (Lipinski definition) is 11. The highest BCUT2D eigenvalue weighted by molar-refractivity contribution is 5.93. The summed E-state index contributed by atoms with van der Waals surface area (Å²) in [6.45, 7) is 3.95. The molecule has 0 unspecified atom stereocenters. The summed E-state index contributed by atoms with van der Waals surface area (Å²) in [6.07, 6.45) is 6.81. The number of nitrogens with zero attached hydrogens (tertiary/aromatic N) is 4. The predicted octanol–water partition coefficient (Wildman–Crippen LogP) is 1.44. The van der Waals surface area contributed by atoms with Crippen LogP contribution in [0.15, 0.2) is 41.6 Å². The average Bonchev–Trinajstić information content (AvgIpc) is 2.79. The van der Waals surface area contributed by atoms with Gasteiger partial charge in [0, 0.05) is 39.0 Å². The van der Waals surface area contributed by atoms with E-state index in [9.17, 15) is 30.2 Å². The maximum Gasteiger partial charge on any atom is 0.269 e. The van der Waals surface area contributed by atoms with Crippen molar-refractivity contribution in [3.8, 4) is 0 Å². The zero-order chi connectivity index (χ0) is 25.9. The number of aliphatic imine (C=N–C) groups is 1. The molecule has 0 spiro atoms. The van der Waals surface area contributed by atoms with E-state index in [1.54, 1.807) is 0 Å². The molecule has 0 aliphatic rings. The monoisotopic (exact) mass is 487 g/mol. The maximum absolute atomic E-state index is 11.8. The lowest BCUT2D eigenvalue weighted by atomic mass is 10.2. The molecule has 0 aromatic rings. The van der Waals surface area contributed by atoms with Crippen molar-refractivity contribution in [2.24, 2.45) is 4.99 Å². The Balaban J connectivity index is 3.95. The Bertz CT molecular complexity index is 711. The van der Waals surface area contributed by atoms with Crippen molar-refractivity contribution in [2.45, 2.75) is 51.2 Å². The second-order valence-electron chi connectivity index (χ2n) is 7.33. The molecule has 0 fully saturated rings. The number of hydrogen-bond donors (Lipinski definition) is 7. The van der Waals surface area contributed by atoms with E-state index < -0.39 is 23.9 Å². The lowest BCUT2D eigenvalue weighted by molar-refractivity contribution is -0.156. The van der Waals surface area contributed by atoms with Crippen LogP contribution in [-0.4, -0.2) is 97.1 Å². The average molecular weight is 488 g/mol. The fraction of sp³-hybridized carbons (Fsp3) is 0.571. The van der Waals surface area contributed by atoms with Crippen LogP contribution in [0, 0.1) is 0 Å². The van der Waals surface area contributed by atoms with Gasteiger partial charge in [-0.05, 0) is 57.3 Å². The van der Waals surface area contributed by atoms with E-state index in [0.717, 1.165) is 18.6 Å². The number of rotatable bonds is 18. The van der Waals surface area contributed by atoms with Gasteiger partial charge < -0.3 is 25.8 Å². The lowest BCUT2D eigenvalue weighted by Gasteiger charge is -2.15. The van der Waals surface area contributed by atoms with E-state index in [-0.39, 0.29) is 25.4 Å². The van der Waals surface area contributed by atoms with Crippen molar-refractivity contribution in [3.63, 3.8) is 0 Å². The number of carbonyl (C=O) groups is 2. The highest BCUT2D eigenvalue weighted by Gasteiger charge is 2.07. The quantitative estimate of drug-likeness (QED) is 0.0370. The Morgan fingerprint density at radius 2 is 1.68 bits per heavy atom. The van der Waals surface area contributed by atoms with Gasteiger partial charge in [0.1, 0.15) is 6.23 Å². The van der Waals surface area contributed by atoms with E-state index in [2.05, 4.69) is 16.9 Å². The van der Waals surface area contributed by atoms with Crippen LogP contribution < -0.4 is 5.32 Å². The van der Waals surface area contributed by atoms with Gasteiger partial charge in [-0.1, -0.05) is 0 Å². The number of likely N-dealkylation sites (N-methyl/N-ethyl adjacent to an activating group) is 1. The number of aliphatic hydroxyl groups excluding tert-OH is 3. The molecule has 7 N–H and O–H groups in total. The number of hydroxylamine groups is 6. The van der Waals surface area contributed by atoms with Gasteiger partial charge in [0.05, 0.1) is 6.42 Å². The molecule has 0 saturated heterocycles. The zero-order valence-corrected chi connectivity index (χ0v) is 19.5. The Labute approximate surface area is 199 Å². The molecule has 34 heavy (non-hydrogen) atoms. The fourth-order valence-corrected chi connectivity index (χ4v) is 2.38. The summed E-state index contributed by atoms with van der Waals surface area (Å²) < 4.78 is 0. The zero-order valence-electron chi connectivity index (χ0n) is 19.5. The normalized spacial score (nSPS) is 12.9. The first-order valence-electron chi connectivity index (χ1n) is 10.9. The summed E-state index contributed by atoms with van der Waals surface area (Å²) >= 11 is 0. The summed E-state index contributed by atoms with van der Waals surface area (Å²) in [6, 6.07) is 0. The van der Waals surface area contributed by atoms with Crippen molar-refractivity contribution in [1.29, 1.82) is 0 Å². The van der Waals surface area contributed by atoms with Crippen LogP contribution in [0.2, 0.25) is 0 Å². The third kappa shape index (κ3) is 16.6. The number of aliphatic hydroxyl groups is 3. The largest absolute Gasteiger partial charge is 0.494 e. The van der Waals surface area contributed by atoms with Crippen LogP contribution in [-0.2, 0) is 9.59 Å². The van der Waals surface area contributed by atoms with E-state index in [1.165, 1.54) is 19.3 Å². The molecular formula is C21H37N5O8. The minimum atomic E-state index is -1.30. The van der Waals surface area contributed by atoms with E-state index >= 15 is 0 Å². The molecule has 0 rings (SSSR count). The van der Waals surface area contributed by atoms with Gasteiger partial charge in [-0.3, -0.25) is 20.0 Å².